The van der Waals surface area contributed by atoms with Crippen LogP contribution >= 0.6 is 11.6 Å². The second-order valence-electron chi connectivity index (χ2n) is 2.09. The summed E-state index contributed by atoms with van der Waals surface area (Å²) in [5.74, 6) is 0.208. The molecule has 1 rings (SSSR count). The minimum Gasteiger partial charge on any atom is -0.384 e. The summed E-state index contributed by atoms with van der Waals surface area (Å²) in [4.78, 5) is 7.27. The Morgan fingerprint density at radius 2 is 2.27 bits per heavy atom. The number of aromatic nitrogens is 2. The monoisotopic (exact) mass is 175 g/mol. The van der Waals surface area contributed by atoms with E-state index in [1.54, 1.807) is 0 Å². The van der Waals surface area contributed by atoms with Crippen molar-refractivity contribution in [3.8, 4) is 0 Å². The van der Waals surface area contributed by atoms with Crippen LogP contribution in [0, 0.1) is 0 Å². The fourth-order valence-electron chi connectivity index (χ4n) is 0.631. The van der Waals surface area contributed by atoms with Crippen LogP contribution in [0.3, 0.4) is 0 Å². The standard InChI is InChI=1S/C6H7ClFN3/c1-3(8)6-10-4(7)2-5(9)11-6/h2-3H,1H3,(H2,9,10,11). The van der Waals surface area contributed by atoms with Gasteiger partial charge in [-0.1, -0.05) is 11.6 Å². The van der Waals surface area contributed by atoms with Gasteiger partial charge in [0, 0.05) is 6.07 Å². The van der Waals surface area contributed by atoms with Gasteiger partial charge in [0.05, 0.1) is 0 Å². The summed E-state index contributed by atoms with van der Waals surface area (Å²) >= 11 is 5.50. The smallest absolute Gasteiger partial charge is 0.166 e. The van der Waals surface area contributed by atoms with Crippen molar-refractivity contribution in [3.63, 3.8) is 0 Å². The van der Waals surface area contributed by atoms with Gasteiger partial charge in [0.1, 0.15) is 11.0 Å². The molecule has 0 aliphatic rings. The molecule has 1 heterocycles. The average Bonchev–Trinajstić information content (AvgIpc) is 1.85. The van der Waals surface area contributed by atoms with E-state index < -0.39 is 6.17 Å². The molecule has 0 radical (unpaired) electrons. The first-order valence-corrected chi connectivity index (χ1v) is 3.41. The molecule has 0 aliphatic heterocycles. The molecular weight excluding hydrogens is 169 g/mol. The molecular formula is C6H7ClFN3. The second-order valence-corrected chi connectivity index (χ2v) is 2.48. The number of hydrogen-bond acceptors (Lipinski definition) is 3. The van der Waals surface area contributed by atoms with E-state index in [0.29, 0.717) is 0 Å². The lowest BCUT2D eigenvalue weighted by Gasteiger charge is -2.01. The maximum atomic E-state index is 12.6. The minimum atomic E-state index is -1.24. The van der Waals surface area contributed by atoms with E-state index in [0.717, 1.165) is 0 Å². The lowest BCUT2D eigenvalue weighted by atomic mass is 10.4. The third-order valence-corrected chi connectivity index (χ3v) is 1.28. The van der Waals surface area contributed by atoms with E-state index in [4.69, 9.17) is 17.3 Å². The number of halogens is 2. The molecule has 0 aromatic carbocycles. The van der Waals surface area contributed by atoms with Gasteiger partial charge in [-0.05, 0) is 6.92 Å². The minimum absolute atomic E-state index is 0.0231. The summed E-state index contributed by atoms with van der Waals surface area (Å²) in [7, 11) is 0. The predicted octanol–water partition coefficient (Wildman–Crippen LogP) is 1.74. The Kier molecular flexibility index (Phi) is 2.24. The van der Waals surface area contributed by atoms with Crippen LogP contribution in [0.25, 0.3) is 0 Å². The SMILES string of the molecule is CC(F)c1nc(N)cc(Cl)n1. The Labute approximate surface area is 68.4 Å². The molecule has 1 aromatic rings. The summed E-state index contributed by atoms with van der Waals surface area (Å²) in [6.45, 7) is 1.32. The van der Waals surface area contributed by atoms with Gasteiger partial charge in [-0.3, -0.25) is 0 Å². The Bertz CT molecular complexity index is 244. The van der Waals surface area contributed by atoms with E-state index in [2.05, 4.69) is 9.97 Å². The van der Waals surface area contributed by atoms with E-state index in [-0.39, 0.29) is 16.8 Å². The average molecular weight is 176 g/mol. The van der Waals surface area contributed by atoms with Gasteiger partial charge in [0.15, 0.2) is 12.0 Å². The molecule has 3 nitrogen and oxygen atoms in total. The van der Waals surface area contributed by atoms with Crippen LogP contribution in [0.1, 0.15) is 18.9 Å². The van der Waals surface area contributed by atoms with Crippen LogP contribution in [-0.2, 0) is 0 Å². The van der Waals surface area contributed by atoms with Crippen molar-refractivity contribution in [1.82, 2.24) is 9.97 Å². The van der Waals surface area contributed by atoms with Gasteiger partial charge < -0.3 is 5.73 Å². The highest BCUT2D eigenvalue weighted by Crippen LogP contribution is 2.15. The highest BCUT2D eigenvalue weighted by Gasteiger charge is 2.07. The van der Waals surface area contributed by atoms with Crippen molar-refractivity contribution < 1.29 is 4.39 Å². The van der Waals surface area contributed by atoms with Crippen molar-refractivity contribution >= 4 is 17.4 Å². The maximum Gasteiger partial charge on any atom is 0.166 e. The number of alkyl halides is 1. The molecule has 0 bridgehead atoms. The van der Waals surface area contributed by atoms with Crippen LogP contribution in [0.15, 0.2) is 6.07 Å². The van der Waals surface area contributed by atoms with Crippen molar-refractivity contribution in [1.29, 1.82) is 0 Å². The zero-order valence-electron chi connectivity index (χ0n) is 5.88. The van der Waals surface area contributed by atoms with Gasteiger partial charge in [0.2, 0.25) is 0 Å². The van der Waals surface area contributed by atoms with Crippen LogP contribution < -0.4 is 5.73 Å². The molecule has 2 N–H and O–H groups in total. The van der Waals surface area contributed by atoms with Gasteiger partial charge in [-0.25, -0.2) is 14.4 Å². The van der Waals surface area contributed by atoms with Crippen molar-refractivity contribution in [2.45, 2.75) is 13.1 Å². The molecule has 60 valence electrons. The number of nitrogens with zero attached hydrogens (tertiary/aromatic N) is 2. The lowest BCUT2D eigenvalue weighted by Crippen LogP contribution is -2.00. The highest BCUT2D eigenvalue weighted by molar-refractivity contribution is 6.29. The van der Waals surface area contributed by atoms with E-state index in [1.165, 1.54) is 13.0 Å². The third kappa shape index (κ3) is 2.01. The highest BCUT2D eigenvalue weighted by atomic mass is 35.5. The van der Waals surface area contributed by atoms with Gasteiger partial charge in [-0.2, -0.15) is 0 Å². The Morgan fingerprint density at radius 1 is 1.64 bits per heavy atom. The molecule has 0 aliphatic carbocycles. The Hall–Kier alpha value is -0.900. The van der Waals surface area contributed by atoms with Crippen LogP contribution in [0.4, 0.5) is 10.2 Å². The molecule has 1 aromatic heterocycles. The quantitative estimate of drug-likeness (QED) is 0.662. The first-order chi connectivity index (χ1) is 5.09. The number of rotatable bonds is 1. The predicted molar refractivity (Wildman–Crippen MR) is 41.0 cm³/mol. The molecule has 5 heteroatoms. The molecule has 0 saturated heterocycles. The summed E-state index contributed by atoms with van der Waals surface area (Å²) in [6.07, 6.45) is -1.24. The Balaban J connectivity index is 3.08. The largest absolute Gasteiger partial charge is 0.384 e. The molecule has 0 fully saturated rings. The maximum absolute atomic E-state index is 12.6. The van der Waals surface area contributed by atoms with Gasteiger partial charge in [0.25, 0.3) is 0 Å². The summed E-state index contributed by atoms with van der Waals surface area (Å²) in [6, 6.07) is 1.37. The molecule has 1 unspecified atom stereocenters. The number of nitrogens with two attached hydrogens (primary N) is 1. The lowest BCUT2D eigenvalue weighted by molar-refractivity contribution is 0.357. The van der Waals surface area contributed by atoms with E-state index in [9.17, 15) is 4.39 Å². The van der Waals surface area contributed by atoms with Crippen molar-refractivity contribution in [2.75, 3.05) is 5.73 Å². The van der Waals surface area contributed by atoms with Gasteiger partial charge in [-0.15, -0.1) is 0 Å². The summed E-state index contributed by atoms with van der Waals surface area (Å²) in [5.41, 5.74) is 5.30. The van der Waals surface area contributed by atoms with Crippen LogP contribution in [0.5, 0.6) is 0 Å². The first kappa shape index (κ1) is 8.20. The summed E-state index contributed by atoms with van der Waals surface area (Å²) < 4.78 is 12.6. The molecule has 1 atom stereocenters. The first-order valence-electron chi connectivity index (χ1n) is 3.03. The van der Waals surface area contributed by atoms with E-state index in [1.807, 2.05) is 0 Å². The van der Waals surface area contributed by atoms with Crippen molar-refractivity contribution in [2.24, 2.45) is 0 Å². The molecule has 0 spiro atoms. The molecule has 0 amide bonds. The van der Waals surface area contributed by atoms with Crippen molar-refractivity contribution in [3.05, 3.63) is 17.0 Å². The van der Waals surface area contributed by atoms with Gasteiger partial charge >= 0.3 is 0 Å². The van der Waals surface area contributed by atoms with Crippen LogP contribution in [0.2, 0.25) is 5.15 Å². The molecule has 0 saturated carbocycles. The zero-order valence-corrected chi connectivity index (χ0v) is 6.64. The summed E-state index contributed by atoms with van der Waals surface area (Å²) in [5, 5.41) is 0.164. The third-order valence-electron chi connectivity index (χ3n) is 1.09. The normalized spacial score (nSPS) is 13.0. The fourth-order valence-corrected chi connectivity index (χ4v) is 0.830. The fraction of sp³-hybridized carbons (Fsp3) is 0.333. The van der Waals surface area contributed by atoms with Crippen LogP contribution in [-0.4, -0.2) is 9.97 Å². The number of hydrogen-bond donors (Lipinski definition) is 1. The second kappa shape index (κ2) is 3.00. The number of nitrogen functional groups attached to an aromatic ring is 1. The topological polar surface area (TPSA) is 51.8 Å². The zero-order chi connectivity index (χ0) is 8.43. The molecule has 11 heavy (non-hydrogen) atoms. The van der Waals surface area contributed by atoms with E-state index >= 15 is 0 Å². The Morgan fingerprint density at radius 3 is 2.73 bits per heavy atom. The number of anilines is 1.